The first-order chi connectivity index (χ1) is 6.35. The van der Waals surface area contributed by atoms with E-state index in [0.717, 1.165) is 0 Å². The third-order valence-corrected chi connectivity index (χ3v) is 4.19. The van der Waals surface area contributed by atoms with Crippen LogP contribution >= 0.6 is 22.7 Å². The average molecular weight is 209 g/mol. The topological polar surface area (TPSA) is 12.0 Å². The lowest BCUT2D eigenvalue weighted by Crippen LogP contribution is -2.11. The molecule has 68 valence electrons. The van der Waals surface area contributed by atoms with Crippen LogP contribution in [0.15, 0.2) is 30.2 Å². The predicted molar refractivity (Wildman–Crippen MR) is 61.7 cm³/mol. The van der Waals surface area contributed by atoms with E-state index in [0.29, 0.717) is 6.04 Å². The quantitative estimate of drug-likeness (QED) is 0.764. The Balaban J connectivity index is 2.43. The molecule has 1 atom stereocenters. The Morgan fingerprint density at radius 2 is 2.38 bits per heavy atom. The van der Waals surface area contributed by atoms with Crippen LogP contribution in [0.5, 0.6) is 0 Å². The fourth-order valence-corrected chi connectivity index (χ4v) is 3.54. The fraction of sp³-hybridized carbons (Fsp3) is 0.200. The number of likely N-dealkylation sites (N-methyl/N-ethyl adjacent to an activating group) is 1. The maximum absolute atomic E-state index is 3.81. The smallest absolute Gasteiger partial charge is 0.0596 e. The van der Waals surface area contributed by atoms with Gasteiger partial charge in [-0.3, -0.25) is 0 Å². The molecular formula is C10H11NS2. The largest absolute Gasteiger partial charge is 0.309 e. The third-order valence-electron chi connectivity index (χ3n) is 2.01. The zero-order chi connectivity index (χ0) is 9.26. The molecule has 0 aliphatic heterocycles. The minimum absolute atomic E-state index is 0.296. The van der Waals surface area contributed by atoms with Crippen molar-refractivity contribution >= 4 is 32.1 Å². The van der Waals surface area contributed by atoms with Crippen molar-refractivity contribution in [2.75, 3.05) is 7.05 Å². The molecular weight excluding hydrogens is 198 g/mol. The van der Waals surface area contributed by atoms with E-state index in [4.69, 9.17) is 0 Å². The van der Waals surface area contributed by atoms with Crippen molar-refractivity contribution in [1.29, 1.82) is 0 Å². The van der Waals surface area contributed by atoms with Crippen molar-refractivity contribution in [3.05, 3.63) is 35.0 Å². The highest BCUT2D eigenvalue weighted by Gasteiger charge is 2.09. The molecule has 0 aliphatic rings. The molecule has 1 N–H and O–H groups in total. The first-order valence-electron chi connectivity index (χ1n) is 4.12. The Hall–Kier alpha value is -0.640. The zero-order valence-corrected chi connectivity index (χ0v) is 9.04. The Kier molecular flexibility index (Phi) is 2.49. The number of rotatable bonds is 3. The summed E-state index contributed by atoms with van der Waals surface area (Å²) in [4.78, 5) is 1.35. The van der Waals surface area contributed by atoms with Crippen LogP contribution in [0.3, 0.4) is 0 Å². The highest BCUT2D eigenvalue weighted by Crippen LogP contribution is 2.33. The van der Waals surface area contributed by atoms with Crippen LogP contribution in [-0.2, 0) is 0 Å². The molecule has 2 aromatic rings. The number of fused-ring (bicyclic) bond motifs is 1. The molecule has 0 spiro atoms. The highest BCUT2D eigenvalue weighted by atomic mass is 32.1. The van der Waals surface area contributed by atoms with Crippen LogP contribution in [0.25, 0.3) is 9.40 Å². The van der Waals surface area contributed by atoms with Crippen LogP contribution in [0, 0.1) is 0 Å². The van der Waals surface area contributed by atoms with E-state index in [1.807, 2.05) is 24.5 Å². The molecule has 0 saturated carbocycles. The van der Waals surface area contributed by atoms with Crippen molar-refractivity contribution < 1.29 is 0 Å². The minimum Gasteiger partial charge on any atom is -0.309 e. The Morgan fingerprint density at radius 3 is 3.00 bits per heavy atom. The Bertz CT molecular complexity index is 385. The Morgan fingerprint density at radius 1 is 1.54 bits per heavy atom. The summed E-state index contributed by atoms with van der Waals surface area (Å²) in [5.74, 6) is 0. The van der Waals surface area contributed by atoms with Crippen LogP contribution in [-0.4, -0.2) is 7.05 Å². The first-order valence-corrected chi connectivity index (χ1v) is 5.81. The Labute approximate surface area is 85.7 Å². The molecule has 0 fully saturated rings. The van der Waals surface area contributed by atoms with Gasteiger partial charge in [0.15, 0.2) is 0 Å². The molecule has 1 unspecified atom stereocenters. The molecule has 2 aromatic heterocycles. The van der Waals surface area contributed by atoms with Gasteiger partial charge in [0.25, 0.3) is 0 Å². The van der Waals surface area contributed by atoms with Crippen molar-refractivity contribution in [1.82, 2.24) is 5.32 Å². The van der Waals surface area contributed by atoms with Gasteiger partial charge in [-0.1, -0.05) is 6.08 Å². The summed E-state index contributed by atoms with van der Waals surface area (Å²) in [6.07, 6.45) is 1.94. The third kappa shape index (κ3) is 1.55. The van der Waals surface area contributed by atoms with Gasteiger partial charge >= 0.3 is 0 Å². The molecule has 13 heavy (non-hydrogen) atoms. The monoisotopic (exact) mass is 209 g/mol. The van der Waals surface area contributed by atoms with Crippen LogP contribution in [0.1, 0.15) is 10.9 Å². The maximum Gasteiger partial charge on any atom is 0.0596 e. The van der Waals surface area contributed by atoms with Crippen LogP contribution < -0.4 is 5.32 Å². The second kappa shape index (κ2) is 3.62. The standard InChI is InChI=1S/C10H11NS2/c1-3-7(11-2)9-6-10-8(13-9)4-5-12-10/h3-7,11H,1H2,2H3. The van der Waals surface area contributed by atoms with E-state index in [9.17, 15) is 0 Å². The lowest BCUT2D eigenvalue weighted by atomic mass is 10.2. The minimum atomic E-state index is 0.296. The van der Waals surface area contributed by atoms with E-state index in [-0.39, 0.29) is 0 Å². The molecule has 0 saturated heterocycles. The van der Waals surface area contributed by atoms with Crippen molar-refractivity contribution in [2.24, 2.45) is 0 Å². The van der Waals surface area contributed by atoms with Gasteiger partial charge in [-0.15, -0.1) is 29.3 Å². The number of nitrogens with one attached hydrogen (secondary N) is 1. The van der Waals surface area contributed by atoms with Crippen LogP contribution in [0.2, 0.25) is 0 Å². The van der Waals surface area contributed by atoms with Crippen molar-refractivity contribution in [3.63, 3.8) is 0 Å². The van der Waals surface area contributed by atoms with Gasteiger partial charge in [0.2, 0.25) is 0 Å². The summed E-state index contributed by atoms with van der Waals surface area (Å²) >= 11 is 3.63. The molecule has 0 aliphatic carbocycles. The van der Waals surface area contributed by atoms with E-state index in [1.54, 1.807) is 11.3 Å². The molecule has 1 nitrogen and oxygen atoms in total. The van der Waals surface area contributed by atoms with E-state index >= 15 is 0 Å². The SMILES string of the molecule is C=CC(NC)c1cc2sccc2s1. The fourth-order valence-electron chi connectivity index (χ4n) is 1.31. The number of hydrogen-bond donors (Lipinski definition) is 1. The van der Waals surface area contributed by atoms with Gasteiger partial charge in [0.05, 0.1) is 6.04 Å². The lowest BCUT2D eigenvalue weighted by Gasteiger charge is -2.06. The highest BCUT2D eigenvalue weighted by molar-refractivity contribution is 7.26. The molecule has 3 heteroatoms. The molecule has 0 radical (unpaired) electrons. The summed E-state index contributed by atoms with van der Waals surface area (Å²) in [5, 5.41) is 5.35. The van der Waals surface area contributed by atoms with Gasteiger partial charge in [-0.25, -0.2) is 0 Å². The molecule has 2 rings (SSSR count). The normalized spacial score (nSPS) is 13.3. The van der Waals surface area contributed by atoms with Gasteiger partial charge < -0.3 is 5.32 Å². The van der Waals surface area contributed by atoms with Gasteiger partial charge in [0.1, 0.15) is 0 Å². The lowest BCUT2D eigenvalue weighted by molar-refractivity contribution is 0.729. The predicted octanol–water partition coefficient (Wildman–Crippen LogP) is 3.41. The zero-order valence-electron chi connectivity index (χ0n) is 7.41. The molecule has 0 amide bonds. The summed E-state index contributed by atoms with van der Waals surface area (Å²) in [5.41, 5.74) is 0. The van der Waals surface area contributed by atoms with Crippen molar-refractivity contribution in [3.8, 4) is 0 Å². The molecule has 0 bridgehead atoms. The van der Waals surface area contributed by atoms with E-state index in [2.05, 4.69) is 29.4 Å². The maximum atomic E-state index is 3.81. The average Bonchev–Trinajstić information content (AvgIpc) is 2.65. The number of hydrogen-bond acceptors (Lipinski definition) is 3. The second-order valence-electron chi connectivity index (χ2n) is 2.80. The second-order valence-corrected chi connectivity index (χ2v) is 4.86. The first kappa shape index (κ1) is 8.94. The van der Waals surface area contributed by atoms with E-state index < -0.39 is 0 Å². The van der Waals surface area contributed by atoms with E-state index in [1.165, 1.54) is 14.3 Å². The molecule has 0 aromatic carbocycles. The van der Waals surface area contributed by atoms with Gasteiger partial charge in [-0.2, -0.15) is 0 Å². The summed E-state index contributed by atoms with van der Waals surface area (Å²) in [6, 6.07) is 4.71. The number of thiophene rings is 2. The van der Waals surface area contributed by atoms with Gasteiger partial charge in [0, 0.05) is 14.3 Å². The van der Waals surface area contributed by atoms with Gasteiger partial charge in [-0.05, 0) is 24.6 Å². The molecule has 2 heterocycles. The summed E-state index contributed by atoms with van der Waals surface area (Å²) in [6.45, 7) is 3.81. The summed E-state index contributed by atoms with van der Waals surface area (Å²) in [7, 11) is 1.96. The summed E-state index contributed by atoms with van der Waals surface area (Å²) < 4.78 is 2.75. The van der Waals surface area contributed by atoms with Crippen LogP contribution in [0.4, 0.5) is 0 Å². The van der Waals surface area contributed by atoms with Crippen molar-refractivity contribution in [2.45, 2.75) is 6.04 Å².